The van der Waals surface area contributed by atoms with Crippen molar-refractivity contribution in [3.05, 3.63) is 0 Å². The van der Waals surface area contributed by atoms with Crippen LogP contribution >= 0.6 is 0 Å². The standard InChI is InChI=1S/C7H13F3N4O3S/c8-7(9,10)3-12-18(16,17)14-5(4-1-2-4)6(11)13-15/h4-5,12,14-15H,1-3H2,(H2,11,13). The van der Waals surface area contributed by atoms with Crippen molar-refractivity contribution in [3.8, 4) is 0 Å². The molecular weight excluding hydrogens is 277 g/mol. The second-order valence-corrected chi connectivity index (χ2v) is 5.43. The van der Waals surface area contributed by atoms with E-state index in [0.29, 0.717) is 12.8 Å². The largest absolute Gasteiger partial charge is 0.409 e. The van der Waals surface area contributed by atoms with Crippen molar-refractivity contribution in [2.24, 2.45) is 16.8 Å². The normalized spacial score (nSPS) is 19.8. The lowest BCUT2D eigenvalue weighted by Gasteiger charge is -2.17. The van der Waals surface area contributed by atoms with Gasteiger partial charge in [0.1, 0.15) is 6.54 Å². The lowest BCUT2D eigenvalue weighted by atomic mass is 10.2. The highest BCUT2D eigenvalue weighted by atomic mass is 32.2. The van der Waals surface area contributed by atoms with Crippen LogP contribution in [0.25, 0.3) is 0 Å². The van der Waals surface area contributed by atoms with Gasteiger partial charge in [0.15, 0.2) is 5.84 Å². The minimum absolute atomic E-state index is 0.164. The molecule has 0 saturated heterocycles. The predicted molar refractivity (Wildman–Crippen MR) is 56.0 cm³/mol. The Morgan fingerprint density at radius 3 is 2.44 bits per heavy atom. The fourth-order valence-electron chi connectivity index (χ4n) is 1.28. The summed E-state index contributed by atoms with van der Waals surface area (Å²) in [6.07, 6.45) is -3.34. The van der Waals surface area contributed by atoms with Crippen LogP contribution in [0.2, 0.25) is 0 Å². The summed E-state index contributed by atoms with van der Waals surface area (Å²) in [4.78, 5) is 0. The predicted octanol–water partition coefficient (Wildman–Crippen LogP) is -0.502. The molecule has 1 atom stereocenters. The van der Waals surface area contributed by atoms with Gasteiger partial charge in [0.2, 0.25) is 0 Å². The number of nitrogens with two attached hydrogens (primary N) is 1. The van der Waals surface area contributed by atoms with Crippen molar-refractivity contribution in [1.29, 1.82) is 0 Å². The summed E-state index contributed by atoms with van der Waals surface area (Å²) in [5.41, 5.74) is 5.27. The number of nitrogens with one attached hydrogen (secondary N) is 2. The van der Waals surface area contributed by atoms with E-state index in [1.165, 1.54) is 4.72 Å². The Kier molecular flexibility index (Phi) is 4.40. The first kappa shape index (κ1) is 15.0. The summed E-state index contributed by atoms with van der Waals surface area (Å²) < 4.78 is 61.5. The molecule has 11 heteroatoms. The van der Waals surface area contributed by atoms with E-state index in [4.69, 9.17) is 10.9 Å². The summed E-state index contributed by atoms with van der Waals surface area (Å²) in [5, 5.41) is 11.1. The number of halogens is 3. The summed E-state index contributed by atoms with van der Waals surface area (Å²) in [6.45, 7) is -1.68. The maximum absolute atomic E-state index is 11.9. The van der Waals surface area contributed by atoms with Crippen LogP contribution in [-0.2, 0) is 10.2 Å². The smallest absolute Gasteiger partial charge is 0.402 e. The molecule has 0 aromatic heterocycles. The van der Waals surface area contributed by atoms with Gasteiger partial charge in [-0.2, -0.15) is 31.0 Å². The van der Waals surface area contributed by atoms with E-state index in [1.807, 2.05) is 4.72 Å². The van der Waals surface area contributed by atoms with E-state index in [0.717, 1.165) is 0 Å². The van der Waals surface area contributed by atoms with Gasteiger partial charge in [0.25, 0.3) is 10.2 Å². The van der Waals surface area contributed by atoms with Crippen molar-refractivity contribution < 1.29 is 26.8 Å². The summed E-state index contributed by atoms with van der Waals surface area (Å²) >= 11 is 0. The molecule has 0 bridgehead atoms. The Morgan fingerprint density at radius 2 is 2.06 bits per heavy atom. The molecule has 0 amide bonds. The number of nitrogens with zero attached hydrogens (tertiary/aromatic N) is 1. The Hall–Kier alpha value is -1.07. The van der Waals surface area contributed by atoms with Gasteiger partial charge in [0, 0.05) is 0 Å². The third-order valence-corrected chi connectivity index (χ3v) is 3.36. The molecule has 1 unspecified atom stereocenters. The van der Waals surface area contributed by atoms with Crippen molar-refractivity contribution in [1.82, 2.24) is 9.44 Å². The molecule has 18 heavy (non-hydrogen) atoms. The molecule has 0 radical (unpaired) electrons. The maximum Gasteiger partial charge on any atom is 0.402 e. The van der Waals surface area contributed by atoms with Crippen LogP contribution in [0.3, 0.4) is 0 Å². The van der Waals surface area contributed by atoms with E-state index in [9.17, 15) is 21.6 Å². The topological polar surface area (TPSA) is 117 Å². The van der Waals surface area contributed by atoms with Gasteiger partial charge in [-0.05, 0) is 18.8 Å². The number of alkyl halides is 3. The summed E-state index contributed by atoms with van der Waals surface area (Å²) in [6, 6.07) is -0.999. The van der Waals surface area contributed by atoms with Gasteiger partial charge in [-0.3, -0.25) is 0 Å². The number of amidine groups is 1. The monoisotopic (exact) mass is 290 g/mol. The highest BCUT2D eigenvalue weighted by molar-refractivity contribution is 7.87. The number of rotatable bonds is 6. The Morgan fingerprint density at radius 1 is 1.50 bits per heavy atom. The van der Waals surface area contributed by atoms with E-state index < -0.39 is 29.0 Å². The molecule has 0 heterocycles. The lowest BCUT2D eigenvalue weighted by Crippen LogP contribution is -2.51. The highest BCUT2D eigenvalue weighted by Gasteiger charge is 2.38. The second-order valence-electron chi connectivity index (χ2n) is 3.90. The van der Waals surface area contributed by atoms with Gasteiger partial charge in [-0.1, -0.05) is 5.16 Å². The third kappa shape index (κ3) is 5.06. The van der Waals surface area contributed by atoms with E-state index in [2.05, 4.69) is 5.16 Å². The molecule has 1 saturated carbocycles. The summed E-state index contributed by atoms with van der Waals surface area (Å²) in [7, 11) is -4.37. The highest BCUT2D eigenvalue weighted by Crippen LogP contribution is 2.33. The molecule has 106 valence electrons. The zero-order chi connectivity index (χ0) is 14.0. The molecule has 0 aliphatic heterocycles. The fourth-order valence-corrected chi connectivity index (χ4v) is 2.36. The number of hydrogen-bond acceptors (Lipinski definition) is 4. The molecule has 1 fully saturated rings. The van der Waals surface area contributed by atoms with Crippen molar-refractivity contribution in [2.45, 2.75) is 25.1 Å². The van der Waals surface area contributed by atoms with Gasteiger partial charge in [-0.15, -0.1) is 0 Å². The van der Waals surface area contributed by atoms with Gasteiger partial charge >= 0.3 is 6.18 Å². The van der Waals surface area contributed by atoms with Crippen LogP contribution in [-0.4, -0.2) is 38.2 Å². The quantitative estimate of drug-likeness (QED) is 0.228. The molecule has 1 rings (SSSR count). The first-order valence-corrected chi connectivity index (χ1v) is 6.44. The Bertz CT molecular complexity index is 418. The SMILES string of the molecule is NC(=NO)C(NS(=O)(=O)NCC(F)(F)F)C1CC1. The fraction of sp³-hybridized carbons (Fsp3) is 0.857. The van der Waals surface area contributed by atoms with Gasteiger partial charge < -0.3 is 10.9 Å². The van der Waals surface area contributed by atoms with Crippen LogP contribution in [0.1, 0.15) is 12.8 Å². The maximum atomic E-state index is 11.9. The first-order valence-electron chi connectivity index (χ1n) is 4.96. The van der Waals surface area contributed by atoms with Crippen LogP contribution < -0.4 is 15.2 Å². The minimum Gasteiger partial charge on any atom is -0.409 e. The van der Waals surface area contributed by atoms with Crippen molar-refractivity contribution in [2.75, 3.05) is 6.54 Å². The summed E-state index contributed by atoms with van der Waals surface area (Å²) in [5.74, 6) is -0.543. The molecule has 0 aromatic rings. The zero-order valence-electron chi connectivity index (χ0n) is 9.11. The van der Waals surface area contributed by atoms with E-state index in [1.54, 1.807) is 0 Å². The van der Waals surface area contributed by atoms with Crippen molar-refractivity contribution in [3.63, 3.8) is 0 Å². The molecule has 0 aromatic carbocycles. The Labute approximate surface area is 101 Å². The first-order chi connectivity index (χ1) is 8.14. The van der Waals surface area contributed by atoms with E-state index in [-0.39, 0.29) is 11.8 Å². The minimum atomic E-state index is -4.65. The van der Waals surface area contributed by atoms with Crippen LogP contribution in [0.5, 0.6) is 0 Å². The number of hydrogen-bond donors (Lipinski definition) is 4. The molecule has 5 N–H and O–H groups in total. The number of oxime groups is 1. The average Bonchev–Trinajstić information content (AvgIpc) is 3.05. The Balaban J connectivity index is 2.62. The zero-order valence-corrected chi connectivity index (χ0v) is 9.92. The van der Waals surface area contributed by atoms with Gasteiger partial charge in [-0.25, -0.2) is 0 Å². The van der Waals surface area contributed by atoms with E-state index >= 15 is 0 Å². The molecule has 1 aliphatic carbocycles. The van der Waals surface area contributed by atoms with Gasteiger partial charge in [0.05, 0.1) is 6.04 Å². The van der Waals surface area contributed by atoms with Crippen LogP contribution in [0.4, 0.5) is 13.2 Å². The molecule has 1 aliphatic rings. The average molecular weight is 290 g/mol. The third-order valence-electron chi connectivity index (χ3n) is 2.27. The molecule has 7 nitrogen and oxygen atoms in total. The second kappa shape index (κ2) is 5.28. The van der Waals surface area contributed by atoms with Crippen molar-refractivity contribution >= 4 is 16.0 Å². The molecular formula is C7H13F3N4O3S. The molecule has 0 spiro atoms. The van der Waals surface area contributed by atoms with Crippen LogP contribution in [0.15, 0.2) is 5.16 Å². The lowest BCUT2D eigenvalue weighted by molar-refractivity contribution is -0.121. The van der Waals surface area contributed by atoms with Crippen LogP contribution in [0, 0.1) is 5.92 Å².